The maximum absolute atomic E-state index is 12.6. The summed E-state index contributed by atoms with van der Waals surface area (Å²) in [4.78, 5) is 14.2. The van der Waals surface area contributed by atoms with E-state index < -0.39 is 18.1 Å². The molecule has 1 amide bonds. The van der Waals surface area contributed by atoms with Crippen LogP contribution in [0.25, 0.3) is 0 Å². The molecule has 0 spiro atoms. The van der Waals surface area contributed by atoms with Crippen LogP contribution in [0.15, 0.2) is 0 Å². The fourth-order valence-corrected chi connectivity index (χ4v) is 3.19. The molecular formula is C15H25F3N2O. The van der Waals surface area contributed by atoms with Crippen molar-refractivity contribution in [2.75, 3.05) is 19.6 Å². The van der Waals surface area contributed by atoms with Gasteiger partial charge >= 0.3 is 6.18 Å². The third kappa shape index (κ3) is 3.90. The van der Waals surface area contributed by atoms with Crippen molar-refractivity contribution >= 4 is 5.91 Å². The average Bonchev–Trinajstić information content (AvgIpc) is 2.47. The van der Waals surface area contributed by atoms with E-state index in [9.17, 15) is 18.0 Å². The lowest BCUT2D eigenvalue weighted by molar-refractivity contribution is -0.181. The first kappa shape index (κ1) is 16.6. The third-order valence-corrected chi connectivity index (χ3v) is 5.31. The molecule has 2 saturated heterocycles. The van der Waals surface area contributed by atoms with Gasteiger partial charge in [-0.1, -0.05) is 20.3 Å². The smallest absolute Gasteiger partial charge is 0.341 e. The highest BCUT2D eigenvalue weighted by atomic mass is 19.4. The lowest BCUT2D eigenvalue weighted by Crippen LogP contribution is -2.54. The number of hydrogen-bond donors (Lipinski definition) is 1. The van der Waals surface area contributed by atoms with E-state index in [2.05, 4.69) is 19.2 Å². The van der Waals surface area contributed by atoms with Crippen LogP contribution in [0.3, 0.4) is 0 Å². The minimum absolute atomic E-state index is 0.0197. The van der Waals surface area contributed by atoms with E-state index in [4.69, 9.17) is 0 Å². The molecule has 0 bridgehead atoms. The number of nitrogens with zero attached hydrogens (tertiary/aromatic N) is 1. The zero-order valence-electron chi connectivity index (χ0n) is 12.8. The third-order valence-electron chi connectivity index (χ3n) is 5.31. The minimum Gasteiger partial charge on any atom is -0.341 e. The molecule has 21 heavy (non-hydrogen) atoms. The Morgan fingerprint density at radius 1 is 1.29 bits per heavy atom. The maximum atomic E-state index is 12.6. The SMILES string of the molecule is CCC1(C)CCN(C(=O)C2CCC(C(F)(F)F)CN2)CC1. The Balaban J connectivity index is 1.83. The molecule has 3 nitrogen and oxygen atoms in total. The van der Waals surface area contributed by atoms with Crippen molar-refractivity contribution < 1.29 is 18.0 Å². The summed E-state index contributed by atoms with van der Waals surface area (Å²) in [6.07, 6.45) is -0.767. The molecule has 0 aromatic rings. The Bertz CT molecular complexity index is 368. The van der Waals surface area contributed by atoms with Crippen LogP contribution in [0.2, 0.25) is 0 Å². The highest BCUT2D eigenvalue weighted by Crippen LogP contribution is 2.35. The molecular weight excluding hydrogens is 281 g/mol. The second-order valence-corrected chi connectivity index (χ2v) is 6.77. The molecule has 0 aromatic carbocycles. The monoisotopic (exact) mass is 306 g/mol. The van der Waals surface area contributed by atoms with E-state index in [0.717, 1.165) is 32.4 Å². The first-order valence-corrected chi connectivity index (χ1v) is 7.84. The standard InChI is InChI=1S/C15H25F3N2O/c1-3-14(2)6-8-20(9-7-14)13(21)12-5-4-11(10-19-12)15(16,17)18/h11-12,19H,3-10H2,1-2H3. The summed E-state index contributed by atoms with van der Waals surface area (Å²) in [5.41, 5.74) is 0.304. The Labute approximate surface area is 124 Å². The zero-order valence-corrected chi connectivity index (χ0v) is 12.8. The molecule has 2 rings (SSSR count). The van der Waals surface area contributed by atoms with Gasteiger partial charge in [0.05, 0.1) is 12.0 Å². The molecule has 6 heteroatoms. The number of piperidine rings is 2. The van der Waals surface area contributed by atoms with Crippen LogP contribution in [0.4, 0.5) is 13.2 Å². The Morgan fingerprint density at radius 3 is 2.33 bits per heavy atom. The van der Waals surface area contributed by atoms with Gasteiger partial charge in [-0.05, 0) is 31.1 Å². The molecule has 2 unspecified atom stereocenters. The maximum Gasteiger partial charge on any atom is 0.393 e. The molecule has 2 heterocycles. The number of amides is 1. The predicted octanol–water partition coefficient (Wildman–Crippen LogP) is 2.96. The van der Waals surface area contributed by atoms with Crippen molar-refractivity contribution in [1.29, 1.82) is 0 Å². The van der Waals surface area contributed by atoms with Crippen LogP contribution in [0.5, 0.6) is 0 Å². The summed E-state index contributed by atoms with van der Waals surface area (Å²) in [5.74, 6) is -1.33. The van der Waals surface area contributed by atoms with Gasteiger partial charge in [-0.15, -0.1) is 0 Å². The van der Waals surface area contributed by atoms with Crippen molar-refractivity contribution in [1.82, 2.24) is 10.2 Å². The number of likely N-dealkylation sites (tertiary alicyclic amines) is 1. The molecule has 2 aliphatic heterocycles. The highest BCUT2D eigenvalue weighted by Gasteiger charge is 2.43. The Kier molecular flexibility index (Phi) is 4.85. The molecule has 0 aromatic heterocycles. The van der Waals surface area contributed by atoms with Crippen LogP contribution in [-0.2, 0) is 4.79 Å². The topological polar surface area (TPSA) is 32.3 Å². The Hall–Kier alpha value is -0.780. The highest BCUT2D eigenvalue weighted by molar-refractivity contribution is 5.82. The summed E-state index contributed by atoms with van der Waals surface area (Å²) in [5, 5.41) is 2.80. The van der Waals surface area contributed by atoms with Crippen molar-refractivity contribution in [3.05, 3.63) is 0 Å². The van der Waals surface area contributed by atoms with Crippen LogP contribution >= 0.6 is 0 Å². The number of halogens is 3. The number of carbonyl (C=O) groups excluding carboxylic acids is 1. The summed E-state index contributed by atoms with van der Waals surface area (Å²) in [6.45, 7) is 5.72. The molecule has 1 N–H and O–H groups in total. The van der Waals surface area contributed by atoms with Gasteiger partial charge in [0.1, 0.15) is 0 Å². The number of alkyl halides is 3. The lowest BCUT2D eigenvalue weighted by atomic mass is 9.78. The first-order valence-electron chi connectivity index (χ1n) is 7.84. The molecule has 0 radical (unpaired) electrons. The van der Waals surface area contributed by atoms with Crippen LogP contribution < -0.4 is 5.32 Å². The number of rotatable bonds is 2. The van der Waals surface area contributed by atoms with Gasteiger partial charge in [-0.3, -0.25) is 4.79 Å². The van der Waals surface area contributed by atoms with Crippen molar-refractivity contribution in [3.8, 4) is 0 Å². The van der Waals surface area contributed by atoms with Gasteiger partial charge in [-0.25, -0.2) is 0 Å². The van der Waals surface area contributed by atoms with Crippen LogP contribution in [0.1, 0.15) is 46.0 Å². The molecule has 0 saturated carbocycles. The summed E-state index contributed by atoms with van der Waals surface area (Å²) < 4.78 is 37.8. The molecule has 2 fully saturated rings. The van der Waals surface area contributed by atoms with E-state index in [1.165, 1.54) is 0 Å². The van der Waals surface area contributed by atoms with Gasteiger partial charge in [-0.2, -0.15) is 13.2 Å². The predicted molar refractivity (Wildman–Crippen MR) is 74.8 cm³/mol. The largest absolute Gasteiger partial charge is 0.393 e. The minimum atomic E-state index is -4.16. The quantitative estimate of drug-likeness (QED) is 0.851. The van der Waals surface area contributed by atoms with Crippen molar-refractivity contribution in [2.45, 2.75) is 58.2 Å². The molecule has 2 aliphatic rings. The summed E-state index contributed by atoms with van der Waals surface area (Å²) in [7, 11) is 0. The van der Waals surface area contributed by atoms with Crippen molar-refractivity contribution in [2.24, 2.45) is 11.3 Å². The van der Waals surface area contributed by atoms with Gasteiger partial charge < -0.3 is 10.2 Å². The normalized spacial score (nSPS) is 30.2. The average molecular weight is 306 g/mol. The van der Waals surface area contributed by atoms with E-state index in [1.54, 1.807) is 0 Å². The van der Waals surface area contributed by atoms with Crippen LogP contribution in [-0.4, -0.2) is 42.7 Å². The second kappa shape index (κ2) is 6.15. The van der Waals surface area contributed by atoms with Crippen molar-refractivity contribution in [3.63, 3.8) is 0 Å². The van der Waals surface area contributed by atoms with Gasteiger partial charge in [0.2, 0.25) is 5.91 Å². The van der Waals surface area contributed by atoms with Crippen LogP contribution in [0, 0.1) is 11.3 Å². The van der Waals surface area contributed by atoms with E-state index in [0.29, 0.717) is 5.41 Å². The van der Waals surface area contributed by atoms with E-state index >= 15 is 0 Å². The lowest BCUT2D eigenvalue weighted by Gasteiger charge is -2.41. The second-order valence-electron chi connectivity index (χ2n) is 6.77. The van der Waals surface area contributed by atoms with Gasteiger partial charge in [0.25, 0.3) is 0 Å². The van der Waals surface area contributed by atoms with E-state index in [-0.39, 0.29) is 25.3 Å². The fourth-order valence-electron chi connectivity index (χ4n) is 3.19. The number of nitrogens with one attached hydrogen (secondary N) is 1. The fraction of sp³-hybridized carbons (Fsp3) is 0.933. The summed E-state index contributed by atoms with van der Waals surface area (Å²) in [6, 6.07) is -0.436. The summed E-state index contributed by atoms with van der Waals surface area (Å²) >= 11 is 0. The number of carbonyl (C=O) groups is 1. The molecule has 122 valence electrons. The molecule has 0 aliphatic carbocycles. The number of hydrogen-bond acceptors (Lipinski definition) is 2. The zero-order chi connectivity index (χ0) is 15.7. The van der Waals surface area contributed by atoms with E-state index in [1.807, 2.05) is 4.90 Å². The first-order chi connectivity index (χ1) is 9.75. The Morgan fingerprint density at radius 2 is 1.90 bits per heavy atom. The van der Waals surface area contributed by atoms with Gasteiger partial charge in [0, 0.05) is 19.6 Å². The molecule has 2 atom stereocenters. The van der Waals surface area contributed by atoms with Gasteiger partial charge in [0.15, 0.2) is 0 Å².